The summed E-state index contributed by atoms with van der Waals surface area (Å²) in [6.45, 7) is 0. The van der Waals surface area contributed by atoms with Crippen molar-refractivity contribution in [2.75, 3.05) is 5.32 Å². The van der Waals surface area contributed by atoms with E-state index in [0.29, 0.717) is 5.69 Å². The van der Waals surface area contributed by atoms with Gasteiger partial charge in [0.1, 0.15) is 0 Å². The average Bonchev–Trinajstić information content (AvgIpc) is 3.15. The van der Waals surface area contributed by atoms with E-state index in [0.717, 1.165) is 8.66 Å². The summed E-state index contributed by atoms with van der Waals surface area (Å²) in [7, 11) is 0. The van der Waals surface area contributed by atoms with Gasteiger partial charge in [0.2, 0.25) is 11.8 Å². The van der Waals surface area contributed by atoms with Gasteiger partial charge in [0.05, 0.1) is 14.4 Å². The molecule has 12 heteroatoms. The molecule has 0 fully saturated rings. The first kappa shape index (κ1) is 15.7. The molecule has 0 saturated heterocycles. The van der Waals surface area contributed by atoms with Crippen molar-refractivity contribution in [2.24, 2.45) is 0 Å². The van der Waals surface area contributed by atoms with Crippen LogP contribution in [0.2, 0.25) is 0 Å². The average molecular weight is 407 g/mol. The smallest absolute Gasteiger partial charge is 0.288 e. The van der Waals surface area contributed by atoms with Crippen molar-refractivity contribution in [1.29, 1.82) is 0 Å². The van der Waals surface area contributed by atoms with Crippen LogP contribution in [0.1, 0.15) is 16.3 Å². The normalized spacial score (nSPS) is 11.7. The third-order valence-electron chi connectivity index (χ3n) is 2.63. The lowest BCUT2D eigenvalue weighted by Gasteiger charge is -1.98. The molecule has 23 heavy (non-hydrogen) atoms. The quantitative estimate of drug-likeness (QED) is 0.621. The lowest BCUT2D eigenvalue weighted by Crippen LogP contribution is -2.14. The summed E-state index contributed by atoms with van der Waals surface area (Å²) in [5, 5.41) is 13.6. The Labute approximate surface area is 138 Å². The first-order valence-electron chi connectivity index (χ1n) is 5.95. The van der Waals surface area contributed by atoms with Crippen LogP contribution in [0.3, 0.4) is 0 Å². The van der Waals surface area contributed by atoms with Crippen molar-refractivity contribution in [3.63, 3.8) is 0 Å². The third-order valence-corrected chi connectivity index (χ3v) is 4.29. The monoisotopic (exact) mass is 406 g/mol. The van der Waals surface area contributed by atoms with E-state index < -0.39 is 23.9 Å². The van der Waals surface area contributed by atoms with Gasteiger partial charge in [-0.05, 0) is 34.1 Å². The molecule has 120 valence electrons. The van der Waals surface area contributed by atoms with E-state index in [-0.39, 0.29) is 5.69 Å². The molecule has 3 N–H and O–H groups in total. The second-order valence-corrected chi connectivity index (χ2v) is 6.69. The number of aromatic amines is 2. The lowest BCUT2D eigenvalue weighted by atomic mass is 10.3. The predicted octanol–water partition coefficient (Wildman–Crippen LogP) is 3.29. The molecule has 3 rings (SSSR count). The van der Waals surface area contributed by atoms with Crippen LogP contribution in [0.15, 0.2) is 22.0 Å². The van der Waals surface area contributed by atoms with E-state index in [9.17, 15) is 18.0 Å². The van der Waals surface area contributed by atoms with Gasteiger partial charge in [-0.1, -0.05) is 0 Å². The van der Waals surface area contributed by atoms with E-state index in [1.807, 2.05) is 12.1 Å². The maximum Gasteiger partial charge on any atom is 0.451 e. The fourth-order valence-electron chi connectivity index (χ4n) is 1.63. The highest BCUT2D eigenvalue weighted by atomic mass is 79.9. The molecular weight excluding hydrogens is 401 g/mol. The van der Waals surface area contributed by atoms with Gasteiger partial charge in [0, 0.05) is 0 Å². The number of H-pyrrole nitrogens is 2. The SMILES string of the molecule is O=C(Nc1n[nH]c(C(F)(F)F)n1)c1cc(-c2ccc(Br)s2)[nH]n1. The van der Waals surface area contributed by atoms with Crippen molar-refractivity contribution < 1.29 is 18.0 Å². The summed E-state index contributed by atoms with van der Waals surface area (Å²) >= 11 is 4.76. The zero-order valence-electron chi connectivity index (χ0n) is 10.9. The fraction of sp³-hybridized carbons (Fsp3) is 0.0909. The van der Waals surface area contributed by atoms with E-state index in [1.54, 1.807) is 5.10 Å². The number of thiophene rings is 1. The number of alkyl halides is 3. The number of hydrogen-bond acceptors (Lipinski definition) is 5. The predicted molar refractivity (Wildman–Crippen MR) is 78.9 cm³/mol. The minimum absolute atomic E-state index is 0.00267. The Hall–Kier alpha value is -2.21. The molecular formula is C11H6BrF3N6OS. The highest BCUT2D eigenvalue weighted by molar-refractivity contribution is 9.11. The zero-order chi connectivity index (χ0) is 16.6. The molecule has 0 aromatic carbocycles. The van der Waals surface area contributed by atoms with Crippen molar-refractivity contribution in [3.05, 3.63) is 33.5 Å². The molecule has 3 aromatic heterocycles. The van der Waals surface area contributed by atoms with E-state index in [4.69, 9.17) is 0 Å². The largest absolute Gasteiger partial charge is 0.451 e. The van der Waals surface area contributed by atoms with E-state index >= 15 is 0 Å². The molecule has 1 amide bonds. The number of amides is 1. The number of aromatic nitrogens is 5. The zero-order valence-corrected chi connectivity index (χ0v) is 13.3. The molecule has 0 atom stereocenters. The van der Waals surface area contributed by atoms with Gasteiger partial charge in [0.25, 0.3) is 5.91 Å². The molecule has 3 aromatic rings. The molecule has 0 aliphatic carbocycles. The Kier molecular flexibility index (Phi) is 3.93. The molecule has 0 saturated carbocycles. The number of halogens is 4. The van der Waals surface area contributed by atoms with Crippen molar-refractivity contribution in [3.8, 4) is 10.6 Å². The summed E-state index contributed by atoms with van der Waals surface area (Å²) in [4.78, 5) is 15.9. The molecule has 7 nitrogen and oxygen atoms in total. The topological polar surface area (TPSA) is 99.4 Å². The van der Waals surface area contributed by atoms with Gasteiger partial charge in [0.15, 0.2) is 5.69 Å². The molecule has 0 bridgehead atoms. The molecule has 0 aliphatic rings. The lowest BCUT2D eigenvalue weighted by molar-refractivity contribution is -0.144. The van der Waals surface area contributed by atoms with E-state index in [2.05, 4.69) is 41.5 Å². The van der Waals surface area contributed by atoms with Crippen LogP contribution in [-0.2, 0) is 6.18 Å². The second kappa shape index (κ2) is 5.77. The summed E-state index contributed by atoms with van der Waals surface area (Å²) in [6, 6.07) is 5.15. The van der Waals surface area contributed by atoms with Gasteiger partial charge in [-0.25, -0.2) is 0 Å². The van der Waals surface area contributed by atoms with Crippen molar-refractivity contribution in [2.45, 2.75) is 6.18 Å². The Morgan fingerprint density at radius 3 is 2.65 bits per heavy atom. The third kappa shape index (κ3) is 3.42. The summed E-state index contributed by atoms with van der Waals surface area (Å²) in [5.74, 6) is -2.50. The number of rotatable bonds is 3. The van der Waals surface area contributed by atoms with Crippen LogP contribution in [0.25, 0.3) is 10.6 Å². The van der Waals surface area contributed by atoms with Crippen LogP contribution < -0.4 is 5.32 Å². The van der Waals surface area contributed by atoms with Gasteiger partial charge in [-0.15, -0.1) is 16.4 Å². The maximum atomic E-state index is 12.4. The fourth-order valence-corrected chi connectivity index (χ4v) is 2.99. The van der Waals surface area contributed by atoms with E-state index in [1.165, 1.54) is 17.4 Å². The van der Waals surface area contributed by atoms with Gasteiger partial charge < -0.3 is 0 Å². The highest BCUT2D eigenvalue weighted by Gasteiger charge is 2.35. The standard InChI is InChI=1S/C11H6BrF3N6OS/c12-7-2-1-6(23-7)4-3-5(19-18-4)8(22)16-10-17-9(20-21-10)11(13,14)15/h1-3H,(H,18,19)(H2,16,17,20,21,22). The first-order chi connectivity index (χ1) is 10.8. The number of carbonyl (C=O) groups excluding carboxylic acids is 1. The Morgan fingerprint density at radius 2 is 2.04 bits per heavy atom. The molecule has 0 aliphatic heterocycles. The minimum Gasteiger partial charge on any atom is -0.288 e. The van der Waals surface area contributed by atoms with Crippen LogP contribution in [0, 0.1) is 0 Å². The number of nitrogens with one attached hydrogen (secondary N) is 3. The second-order valence-electron chi connectivity index (χ2n) is 4.23. The first-order valence-corrected chi connectivity index (χ1v) is 7.56. The van der Waals surface area contributed by atoms with Crippen LogP contribution in [0.5, 0.6) is 0 Å². The summed E-state index contributed by atoms with van der Waals surface area (Å²) < 4.78 is 38.1. The summed E-state index contributed by atoms with van der Waals surface area (Å²) in [5.41, 5.74) is 0.611. The Balaban J connectivity index is 1.74. The minimum atomic E-state index is -4.66. The van der Waals surface area contributed by atoms with Crippen molar-refractivity contribution >= 4 is 39.1 Å². The number of carbonyl (C=O) groups is 1. The van der Waals surface area contributed by atoms with Crippen LogP contribution in [0.4, 0.5) is 19.1 Å². The Bertz CT molecular complexity index is 854. The maximum absolute atomic E-state index is 12.4. The van der Waals surface area contributed by atoms with Gasteiger partial charge in [-0.3, -0.25) is 20.3 Å². The van der Waals surface area contributed by atoms with Gasteiger partial charge in [-0.2, -0.15) is 23.3 Å². The van der Waals surface area contributed by atoms with Crippen LogP contribution >= 0.6 is 27.3 Å². The number of hydrogen-bond donors (Lipinski definition) is 3. The highest BCUT2D eigenvalue weighted by Crippen LogP contribution is 2.30. The Morgan fingerprint density at radius 1 is 1.26 bits per heavy atom. The van der Waals surface area contributed by atoms with Crippen LogP contribution in [-0.4, -0.2) is 31.3 Å². The van der Waals surface area contributed by atoms with Gasteiger partial charge >= 0.3 is 6.18 Å². The molecule has 0 spiro atoms. The molecule has 0 unspecified atom stereocenters. The summed E-state index contributed by atoms with van der Waals surface area (Å²) in [6.07, 6.45) is -4.66. The molecule has 0 radical (unpaired) electrons. The molecule has 3 heterocycles. The van der Waals surface area contributed by atoms with Crippen molar-refractivity contribution in [1.82, 2.24) is 25.4 Å². The number of anilines is 1. The number of nitrogens with zero attached hydrogens (tertiary/aromatic N) is 3.